The third-order valence-electron chi connectivity index (χ3n) is 3.88. The highest BCUT2D eigenvalue weighted by Gasteiger charge is 2.12. The molecule has 1 heteroatoms. The van der Waals surface area contributed by atoms with Crippen molar-refractivity contribution in [1.29, 1.82) is 0 Å². The Morgan fingerprint density at radius 3 is 2.60 bits per heavy atom. The maximum absolute atomic E-state index is 3.79. The van der Waals surface area contributed by atoms with E-state index in [1.165, 1.54) is 42.4 Å². The van der Waals surface area contributed by atoms with Gasteiger partial charge in [0.05, 0.1) is 0 Å². The van der Waals surface area contributed by atoms with Crippen LogP contribution in [-0.4, -0.2) is 0 Å². The van der Waals surface area contributed by atoms with Crippen molar-refractivity contribution in [1.82, 2.24) is 0 Å². The van der Waals surface area contributed by atoms with Gasteiger partial charge in [0, 0.05) is 20.2 Å². The number of hydrogen-bond donors (Lipinski definition) is 0. The van der Waals surface area contributed by atoms with Gasteiger partial charge < -0.3 is 0 Å². The van der Waals surface area contributed by atoms with Gasteiger partial charge in [0.25, 0.3) is 0 Å². The molecule has 0 aliphatic carbocycles. The predicted molar refractivity (Wildman–Crippen MR) is 92.8 cm³/mol. The molecule has 0 saturated carbocycles. The van der Waals surface area contributed by atoms with Gasteiger partial charge in [0.1, 0.15) is 0 Å². The Kier molecular flexibility index (Phi) is 3.23. The highest BCUT2D eigenvalue weighted by molar-refractivity contribution is 7.25. The number of hydrogen-bond acceptors (Lipinski definition) is 1. The zero-order valence-electron chi connectivity index (χ0n) is 12.2. The molecule has 0 unspecified atom stereocenters. The van der Waals surface area contributed by atoms with E-state index in [4.69, 9.17) is 0 Å². The first-order valence-electron chi connectivity index (χ1n) is 6.84. The number of thiophene rings is 1. The summed E-state index contributed by atoms with van der Waals surface area (Å²) in [5.74, 6) is 0. The van der Waals surface area contributed by atoms with Gasteiger partial charge in [-0.3, -0.25) is 0 Å². The minimum absolute atomic E-state index is 1.32. The van der Waals surface area contributed by atoms with Gasteiger partial charge in [-0.1, -0.05) is 36.9 Å². The largest absolute Gasteiger partial charge is 0.135 e. The molecule has 1 aromatic heterocycles. The minimum Gasteiger partial charge on any atom is -0.135 e. The minimum atomic E-state index is 1.32. The second-order valence-corrected chi connectivity index (χ2v) is 6.39. The predicted octanol–water partition coefficient (Wildman–Crippen LogP) is 6.18. The Balaban J connectivity index is 2.50. The van der Waals surface area contributed by atoms with E-state index in [0.717, 1.165) is 0 Å². The summed E-state index contributed by atoms with van der Waals surface area (Å²) in [5.41, 5.74) is 5.36. The van der Waals surface area contributed by atoms with Crippen molar-refractivity contribution in [2.24, 2.45) is 0 Å². The lowest BCUT2D eigenvalue weighted by atomic mass is 9.97. The SMILES string of the molecule is C=C/C=C\c1c(C)c(C)cc2sc3cc(C)ccc3c12. The lowest BCUT2D eigenvalue weighted by Crippen LogP contribution is -1.87. The Morgan fingerprint density at radius 2 is 1.85 bits per heavy atom. The molecule has 3 aromatic rings. The number of allylic oxidation sites excluding steroid dienone is 2. The smallest absolute Gasteiger partial charge is 0.0364 e. The summed E-state index contributed by atoms with van der Waals surface area (Å²) < 4.78 is 2.75. The molecule has 0 amide bonds. The van der Waals surface area contributed by atoms with Crippen molar-refractivity contribution in [3.8, 4) is 0 Å². The number of fused-ring (bicyclic) bond motifs is 3. The maximum atomic E-state index is 3.79. The molecule has 0 atom stereocenters. The fourth-order valence-corrected chi connectivity index (χ4v) is 4.00. The van der Waals surface area contributed by atoms with E-state index in [1.54, 1.807) is 0 Å². The Bertz CT molecular complexity index is 847. The maximum Gasteiger partial charge on any atom is 0.0364 e. The Morgan fingerprint density at radius 1 is 1.05 bits per heavy atom. The number of rotatable bonds is 2. The summed E-state index contributed by atoms with van der Waals surface area (Å²) in [7, 11) is 0. The van der Waals surface area contributed by atoms with E-state index >= 15 is 0 Å². The molecular weight excluding hydrogens is 260 g/mol. The van der Waals surface area contributed by atoms with Crippen LogP contribution in [0.1, 0.15) is 22.3 Å². The van der Waals surface area contributed by atoms with Crippen LogP contribution in [0.4, 0.5) is 0 Å². The third kappa shape index (κ3) is 1.99. The first-order chi connectivity index (χ1) is 9.61. The molecule has 0 fully saturated rings. The van der Waals surface area contributed by atoms with E-state index in [9.17, 15) is 0 Å². The van der Waals surface area contributed by atoms with Crippen LogP contribution in [0.15, 0.2) is 43.0 Å². The van der Waals surface area contributed by atoms with E-state index in [0.29, 0.717) is 0 Å². The van der Waals surface area contributed by atoms with Crippen LogP contribution in [0.5, 0.6) is 0 Å². The number of benzene rings is 2. The van der Waals surface area contributed by atoms with Crippen LogP contribution < -0.4 is 0 Å². The number of aryl methyl sites for hydroxylation is 2. The van der Waals surface area contributed by atoms with Gasteiger partial charge in [0.15, 0.2) is 0 Å². The molecular formula is C19H18S. The lowest BCUT2D eigenvalue weighted by molar-refractivity contribution is 1.36. The highest BCUT2D eigenvalue weighted by Crippen LogP contribution is 2.39. The quantitative estimate of drug-likeness (QED) is 0.491. The van der Waals surface area contributed by atoms with Gasteiger partial charge in [0.2, 0.25) is 0 Å². The molecule has 0 bridgehead atoms. The monoisotopic (exact) mass is 278 g/mol. The van der Waals surface area contributed by atoms with Crippen LogP contribution in [0.3, 0.4) is 0 Å². The second kappa shape index (κ2) is 4.92. The summed E-state index contributed by atoms with van der Waals surface area (Å²) in [6.45, 7) is 10.3. The van der Waals surface area contributed by atoms with Crippen molar-refractivity contribution in [2.75, 3.05) is 0 Å². The molecule has 1 heterocycles. The van der Waals surface area contributed by atoms with E-state index in [2.05, 4.69) is 57.7 Å². The molecule has 20 heavy (non-hydrogen) atoms. The van der Waals surface area contributed by atoms with Gasteiger partial charge in [-0.2, -0.15) is 0 Å². The summed E-state index contributed by atoms with van der Waals surface area (Å²) >= 11 is 1.89. The molecule has 3 rings (SSSR count). The Hall–Kier alpha value is -1.86. The first kappa shape index (κ1) is 13.1. The highest BCUT2D eigenvalue weighted by atomic mass is 32.1. The second-order valence-electron chi connectivity index (χ2n) is 5.30. The molecule has 0 aliphatic heterocycles. The summed E-state index contributed by atoms with van der Waals surface area (Å²) in [6.07, 6.45) is 6.05. The fraction of sp³-hybridized carbons (Fsp3) is 0.158. The van der Waals surface area contributed by atoms with Crippen LogP contribution >= 0.6 is 11.3 Å². The normalized spacial score (nSPS) is 11.8. The molecule has 0 spiro atoms. The lowest BCUT2D eigenvalue weighted by Gasteiger charge is -2.07. The topological polar surface area (TPSA) is 0 Å². The van der Waals surface area contributed by atoms with Gasteiger partial charge in [-0.05, 0) is 55.2 Å². The summed E-state index contributed by atoms with van der Waals surface area (Å²) in [4.78, 5) is 0. The molecule has 0 radical (unpaired) electrons. The molecule has 0 aliphatic rings. The van der Waals surface area contributed by atoms with Crippen LogP contribution in [0, 0.1) is 20.8 Å². The van der Waals surface area contributed by atoms with Gasteiger partial charge in [-0.25, -0.2) is 0 Å². The van der Waals surface area contributed by atoms with E-state index in [1.807, 2.05) is 23.5 Å². The molecule has 2 aromatic carbocycles. The van der Waals surface area contributed by atoms with Crippen LogP contribution in [0.25, 0.3) is 26.2 Å². The fourth-order valence-electron chi connectivity index (χ4n) is 2.68. The first-order valence-corrected chi connectivity index (χ1v) is 7.65. The van der Waals surface area contributed by atoms with Crippen LogP contribution in [-0.2, 0) is 0 Å². The van der Waals surface area contributed by atoms with Crippen molar-refractivity contribution in [2.45, 2.75) is 20.8 Å². The van der Waals surface area contributed by atoms with Gasteiger partial charge in [-0.15, -0.1) is 11.3 Å². The zero-order chi connectivity index (χ0) is 14.3. The Labute approximate surface area is 124 Å². The van der Waals surface area contributed by atoms with Crippen LogP contribution in [0.2, 0.25) is 0 Å². The summed E-state index contributed by atoms with van der Waals surface area (Å²) in [5, 5.41) is 2.74. The molecule has 0 N–H and O–H groups in total. The molecule has 100 valence electrons. The van der Waals surface area contributed by atoms with Gasteiger partial charge >= 0.3 is 0 Å². The van der Waals surface area contributed by atoms with E-state index in [-0.39, 0.29) is 0 Å². The zero-order valence-corrected chi connectivity index (χ0v) is 13.0. The molecule has 0 nitrogen and oxygen atoms in total. The standard InChI is InChI=1S/C19H18S/c1-5-6-7-15-14(4)13(3)11-18-19(15)16-9-8-12(2)10-17(16)20-18/h5-11H,1H2,2-4H3/b7-6-. The van der Waals surface area contributed by atoms with Crippen molar-refractivity contribution >= 4 is 37.6 Å². The van der Waals surface area contributed by atoms with Crippen molar-refractivity contribution in [3.05, 3.63) is 65.3 Å². The van der Waals surface area contributed by atoms with E-state index < -0.39 is 0 Å². The summed E-state index contributed by atoms with van der Waals surface area (Å²) in [6, 6.07) is 9.05. The average molecular weight is 278 g/mol. The third-order valence-corrected chi connectivity index (χ3v) is 4.98. The molecule has 0 saturated heterocycles. The van der Waals surface area contributed by atoms with Crippen molar-refractivity contribution in [3.63, 3.8) is 0 Å². The van der Waals surface area contributed by atoms with Crippen molar-refractivity contribution < 1.29 is 0 Å². The average Bonchev–Trinajstić information content (AvgIpc) is 2.76.